The predicted octanol–water partition coefficient (Wildman–Crippen LogP) is 2.43. The van der Waals surface area contributed by atoms with Gasteiger partial charge in [-0.25, -0.2) is 4.79 Å². The number of benzene rings is 1. The van der Waals surface area contributed by atoms with Crippen LogP contribution in [-0.2, 0) is 23.1 Å². The Morgan fingerprint density at radius 1 is 1.50 bits per heavy atom. The molecule has 2 aromatic rings. The van der Waals surface area contributed by atoms with Crippen LogP contribution in [0.15, 0.2) is 30.6 Å². The van der Waals surface area contributed by atoms with E-state index in [0.717, 1.165) is 24.2 Å². The maximum atomic E-state index is 11.7. The first-order chi connectivity index (χ1) is 11.6. The number of esters is 1. The minimum Gasteiger partial charge on any atom is -0.465 e. The van der Waals surface area contributed by atoms with Gasteiger partial charge in [-0.3, -0.25) is 9.58 Å². The molecule has 1 saturated heterocycles. The number of hydrogen-bond donors (Lipinski definition) is 0. The number of morpholine rings is 1. The Morgan fingerprint density at radius 3 is 3.04 bits per heavy atom. The number of methoxy groups -OCH3 is 1. The zero-order chi connectivity index (χ0) is 17.1. The molecule has 0 aliphatic carbocycles. The molecule has 0 amide bonds. The normalized spacial score (nSPS) is 18.5. The molecule has 0 spiro atoms. The van der Waals surface area contributed by atoms with E-state index in [1.807, 2.05) is 19.4 Å². The minimum absolute atomic E-state index is 0.00462. The Labute approximate surface area is 145 Å². The Morgan fingerprint density at radius 2 is 2.33 bits per heavy atom. The third kappa shape index (κ3) is 3.77. The van der Waals surface area contributed by atoms with Crippen LogP contribution in [0.25, 0.3) is 0 Å². The highest BCUT2D eigenvalue weighted by molar-refractivity contribution is 6.31. The van der Waals surface area contributed by atoms with E-state index in [1.165, 1.54) is 7.11 Å². The fraction of sp³-hybridized carbons (Fsp3) is 0.412. The second-order valence-electron chi connectivity index (χ2n) is 5.84. The van der Waals surface area contributed by atoms with Crippen LogP contribution in [0.4, 0.5) is 0 Å². The summed E-state index contributed by atoms with van der Waals surface area (Å²) in [6.07, 6.45) is 3.80. The van der Waals surface area contributed by atoms with Crippen molar-refractivity contribution in [3.63, 3.8) is 0 Å². The fourth-order valence-electron chi connectivity index (χ4n) is 2.84. The SMILES string of the molecule is COC(=O)c1ccc(Cl)c(CN2CCO[C@H](c3cnn(C)c3)C2)c1. The summed E-state index contributed by atoms with van der Waals surface area (Å²) >= 11 is 6.30. The topological polar surface area (TPSA) is 56.6 Å². The lowest BCUT2D eigenvalue weighted by Crippen LogP contribution is -2.37. The zero-order valence-electron chi connectivity index (χ0n) is 13.7. The fourth-order valence-corrected chi connectivity index (χ4v) is 3.01. The Balaban J connectivity index is 1.72. The van der Waals surface area contributed by atoms with Gasteiger partial charge in [0, 0.05) is 43.5 Å². The molecule has 1 aromatic carbocycles. The molecule has 0 radical (unpaired) electrons. The van der Waals surface area contributed by atoms with Gasteiger partial charge in [0.15, 0.2) is 0 Å². The Hall–Kier alpha value is -1.89. The lowest BCUT2D eigenvalue weighted by Gasteiger charge is -2.32. The van der Waals surface area contributed by atoms with Gasteiger partial charge in [0.2, 0.25) is 0 Å². The van der Waals surface area contributed by atoms with Crippen LogP contribution in [-0.4, -0.2) is 47.5 Å². The first-order valence-electron chi connectivity index (χ1n) is 7.76. The Bertz CT molecular complexity index is 732. The molecule has 24 heavy (non-hydrogen) atoms. The molecule has 1 fully saturated rings. The maximum Gasteiger partial charge on any atom is 0.337 e. The van der Waals surface area contributed by atoms with Crippen LogP contribution in [0.5, 0.6) is 0 Å². The number of rotatable bonds is 4. The molecular weight excluding hydrogens is 330 g/mol. The monoisotopic (exact) mass is 349 g/mol. The number of hydrogen-bond acceptors (Lipinski definition) is 5. The van der Waals surface area contributed by atoms with Crippen LogP contribution in [0.3, 0.4) is 0 Å². The molecule has 0 bridgehead atoms. The average Bonchev–Trinajstić information content (AvgIpc) is 3.03. The van der Waals surface area contributed by atoms with Gasteiger partial charge in [0.1, 0.15) is 0 Å². The molecule has 7 heteroatoms. The average molecular weight is 350 g/mol. The number of halogens is 1. The Kier molecular flexibility index (Phi) is 5.18. The molecular formula is C17H20ClN3O3. The molecule has 6 nitrogen and oxygen atoms in total. The molecule has 1 aliphatic rings. The summed E-state index contributed by atoms with van der Waals surface area (Å²) in [7, 11) is 3.26. The second kappa shape index (κ2) is 7.34. The highest BCUT2D eigenvalue weighted by Crippen LogP contribution is 2.25. The van der Waals surface area contributed by atoms with Crippen molar-refractivity contribution in [2.75, 3.05) is 26.8 Å². The van der Waals surface area contributed by atoms with Crippen LogP contribution in [0.1, 0.15) is 27.6 Å². The number of nitrogens with zero attached hydrogens (tertiary/aromatic N) is 3. The number of carbonyl (C=O) groups is 1. The summed E-state index contributed by atoms with van der Waals surface area (Å²) in [5.41, 5.74) is 2.48. The van der Waals surface area contributed by atoms with E-state index in [-0.39, 0.29) is 12.1 Å². The summed E-state index contributed by atoms with van der Waals surface area (Å²) in [5.74, 6) is -0.358. The lowest BCUT2D eigenvalue weighted by atomic mass is 10.1. The third-order valence-electron chi connectivity index (χ3n) is 4.11. The molecule has 0 N–H and O–H groups in total. The molecule has 2 heterocycles. The second-order valence-corrected chi connectivity index (χ2v) is 6.25. The number of aryl methyl sites for hydroxylation is 1. The first kappa shape index (κ1) is 17.0. The van der Waals surface area contributed by atoms with Crippen molar-refractivity contribution in [3.05, 3.63) is 52.3 Å². The predicted molar refractivity (Wildman–Crippen MR) is 90.0 cm³/mol. The van der Waals surface area contributed by atoms with Crippen LogP contribution >= 0.6 is 11.6 Å². The standard InChI is InChI=1S/C17H20ClN3O3/c1-20-9-14(8-19-20)16-11-21(5-6-24-16)10-13-7-12(17(22)23-2)3-4-15(13)18/h3-4,7-9,16H,5-6,10-11H2,1-2H3/t16-/m0/s1. The van der Waals surface area contributed by atoms with Gasteiger partial charge in [-0.15, -0.1) is 0 Å². The zero-order valence-corrected chi connectivity index (χ0v) is 14.5. The molecule has 0 unspecified atom stereocenters. The van der Waals surface area contributed by atoms with E-state index in [1.54, 1.807) is 22.9 Å². The number of aromatic nitrogens is 2. The first-order valence-corrected chi connectivity index (χ1v) is 8.14. The van der Waals surface area contributed by atoms with E-state index in [0.29, 0.717) is 23.7 Å². The summed E-state index contributed by atoms with van der Waals surface area (Å²) < 4.78 is 12.4. The van der Waals surface area contributed by atoms with Crippen molar-refractivity contribution in [2.24, 2.45) is 7.05 Å². The van der Waals surface area contributed by atoms with Crippen molar-refractivity contribution < 1.29 is 14.3 Å². The van der Waals surface area contributed by atoms with Crippen molar-refractivity contribution in [1.82, 2.24) is 14.7 Å². The van der Waals surface area contributed by atoms with Gasteiger partial charge >= 0.3 is 5.97 Å². The van der Waals surface area contributed by atoms with Gasteiger partial charge in [-0.2, -0.15) is 5.10 Å². The van der Waals surface area contributed by atoms with Gasteiger partial charge in [0.05, 0.1) is 31.6 Å². The summed E-state index contributed by atoms with van der Waals surface area (Å²) in [4.78, 5) is 14.0. The van der Waals surface area contributed by atoms with Gasteiger partial charge in [-0.05, 0) is 23.8 Å². The molecule has 1 atom stereocenters. The van der Waals surface area contributed by atoms with Crippen LogP contribution < -0.4 is 0 Å². The van der Waals surface area contributed by atoms with Gasteiger partial charge in [0.25, 0.3) is 0 Å². The van der Waals surface area contributed by atoms with E-state index >= 15 is 0 Å². The van der Waals surface area contributed by atoms with Crippen LogP contribution in [0.2, 0.25) is 5.02 Å². The summed E-state index contributed by atoms with van der Waals surface area (Å²) in [6.45, 7) is 2.87. The molecule has 0 saturated carbocycles. The third-order valence-corrected chi connectivity index (χ3v) is 4.48. The highest BCUT2D eigenvalue weighted by Gasteiger charge is 2.24. The van der Waals surface area contributed by atoms with Gasteiger partial charge < -0.3 is 9.47 Å². The van der Waals surface area contributed by atoms with Crippen molar-refractivity contribution in [2.45, 2.75) is 12.6 Å². The molecule has 128 valence electrons. The van der Waals surface area contributed by atoms with E-state index in [9.17, 15) is 4.79 Å². The van der Waals surface area contributed by atoms with Crippen molar-refractivity contribution >= 4 is 17.6 Å². The van der Waals surface area contributed by atoms with Crippen molar-refractivity contribution in [3.8, 4) is 0 Å². The van der Waals surface area contributed by atoms with Crippen molar-refractivity contribution in [1.29, 1.82) is 0 Å². The van der Waals surface area contributed by atoms with E-state index in [2.05, 4.69) is 10.00 Å². The van der Waals surface area contributed by atoms with E-state index < -0.39 is 0 Å². The lowest BCUT2D eigenvalue weighted by molar-refractivity contribution is -0.0329. The highest BCUT2D eigenvalue weighted by atomic mass is 35.5. The van der Waals surface area contributed by atoms with Crippen LogP contribution in [0, 0.1) is 0 Å². The quantitative estimate of drug-likeness (QED) is 0.793. The largest absolute Gasteiger partial charge is 0.465 e. The maximum absolute atomic E-state index is 11.7. The van der Waals surface area contributed by atoms with Gasteiger partial charge in [-0.1, -0.05) is 11.6 Å². The molecule has 1 aliphatic heterocycles. The molecule has 1 aromatic heterocycles. The summed E-state index contributed by atoms with van der Waals surface area (Å²) in [5, 5.41) is 4.85. The molecule has 3 rings (SSSR count). The number of ether oxygens (including phenoxy) is 2. The van der Waals surface area contributed by atoms with E-state index in [4.69, 9.17) is 21.1 Å². The smallest absolute Gasteiger partial charge is 0.337 e. The number of carbonyl (C=O) groups excluding carboxylic acids is 1. The summed E-state index contributed by atoms with van der Waals surface area (Å²) in [6, 6.07) is 5.21. The minimum atomic E-state index is -0.358.